The maximum absolute atomic E-state index is 13.7. The van der Waals surface area contributed by atoms with E-state index in [1.165, 1.54) is 9.03 Å². The van der Waals surface area contributed by atoms with E-state index in [4.69, 9.17) is 0 Å². The van der Waals surface area contributed by atoms with E-state index in [-0.39, 0.29) is 0 Å². The summed E-state index contributed by atoms with van der Waals surface area (Å²) in [7, 11) is -25.4. The van der Waals surface area contributed by atoms with Gasteiger partial charge >= 0.3 is 37.3 Å². The van der Waals surface area contributed by atoms with Crippen molar-refractivity contribution < 1.29 is 42.5 Å². The lowest BCUT2D eigenvalue weighted by atomic mass is 10.7. The zero-order valence-electron chi connectivity index (χ0n) is 9.06. The van der Waals surface area contributed by atoms with Crippen LogP contribution < -0.4 is 5.09 Å². The van der Waals surface area contributed by atoms with Gasteiger partial charge in [0.1, 0.15) is 6.54 Å². The SMILES string of the molecule is FC(F)(F)CNP1(F)=NP(F)(F)=NP(F)(F)=NP(F)(F)=N1. The largest absolute Gasteiger partial charge is 0.425 e. The van der Waals surface area contributed by atoms with Gasteiger partial charge in [0.05, 0.1) is 0 Å². The van der Waals surface area contributed by atoms with Crippen molar-refractivity contribution in [1.29, 1.82) is 0 Å². The van der Waals surface area contributed by atoms with E-state index in [1.54, 1.807) is 9.03 Å². The third kappa shape index (κ3) is 6.86. The molecule has 1 atom stereocenters. The highest BCUT2D eigenvalue weighted by Crippen LogP contribution is 2.81. The van der Waals surface area contributed by atoms with Gasteiger partial charge in [-0.3, -0.25) is 0 Å². The maximum Gasteiger partial charge on any atom is 0.425 e. The minimum Gasteiger partial charge on any atom is -0.231 e. The summed E-state index contributed by atoms with van der Waals surface area (Å²) in [5.41, 5.74) is 0. The van der Waals surface area contributed by atoms with Crippen molar-refractivity contribution in [2.45, 2.75) is 6.18 Å². The van der Waals surface area contributed by atoms with Gasteiger partial charge in [-0.25, -0.2) is 5.09 Å². The van der Waals surface area contributed by atoms with Gasteiger partial charge in [-0.05, 0) is 0 Å². The molecule has 1 aliphatic heterocycles. The van der Waals surface area contributed by atoms with Crippen LogP contribution in [0.4, 0.5) is 42.5 Å². The molecule has 0 aromatic heterocycles. The Bertz CT molecular complexity index is 626. The van der Waals surface area contributed by atoms with Crippen LogP contribution in [0.25, 0.3) is 0 Å². The smallest absolute Gasteiger partial charge is 0.231 e. The summed E-state index contributed by atoms with van der Waals surface area (Å²) >= 11 is 0. The van der Waals surface area contributed by atoms with Gasteiger partial charge in [0.2, 0.25) is 0 Å². The van der Waals surface area contributed by atoms with Gasteiger partial charge in [0.15, 0.2) is 0 Å². The lowest BCUT2D eigenvalue weighted by Gasteiger charge is -2.17. The first-order chi connectivity index (χ1) is 9.04. The Morgan fingerprint density at radius 1 is 0.667 bits per heavy atom. The van der Waals surface area contributed by atoms with E-state index < -0.39 is 43.9 Å². The van der Waals surface area contributed by atoms with Crippen molar-refractivity contribution in [3.05, 3.63) is 0 Å². The van der Waals surface area contributed by atoms with E-state index in [1.807, 2.05) is 0 Å². The molecule has 0 saturated carbocycles. The molecule has 1 unspecified atom stereocenters. The Morgan fingerprint density at radius 3 is 1.48 bits per heavy atom. The molecule has 5 nitrogen and oxygen atoms in total. The van der Waals surface area contributed by atoms with Crippen LogP contribution in [0, 0.1) is 0 Å². The minimum atomic E-state index is -6.50. The van der Waals surface area contributed by atoms with Gasteiger partial charge < -0.3 is 0 Å². The molecular formula is C2H3F10N5P4. The zero-order chi connectivity index (χ0) is 16.7. The fraction of sp³-hybridized carbons (Fsp3) is 1.00. The summed E-state index contributed by atoms with van der Waals surface area (Å²) in [6, 6.07) is 0. The second-order valence-corrected chi connectivity index (χ2v) is 10.2. The number of halogens is 10. The maximum atomic E-state index is 13.7. The summed E-state index contributed by atoms with van der Waals surface area (Å²) < 4.78 is 133. The zero-order valence-corrected chi connectivity index (χ0v) is 12.6. The first-order valence-corrected chi connectivity index (χ1v) is 10.3. The first-order valence-electron chi connectivity index (χ1n) is 4.28. The van der Waals surface area contributed by atoms with Gasteiger partial charge in [0, 0.05) is 0 Å². The van der Waals surface area contributed by atoms with Crippen LogP contribution in [-0.2, 0) is 0 Å². The molecule has 126 valence electrons. The van der Waals surface area contributed by atoms with Crippen LogP contribution in [-0.4, -0.2) is 12.7 Å². The van der Waals surface area contributed by atoms with Gasteiger partial charge in [-0.2, -0.15) is 17.4 Å². The second-order valence-electron chi connectivity index (χ2n) is 3.20. The Labute approximate surface area is 110 Å². The Hall–Kier alpha value is 0.180. The van der Waals surface area contributed by atoms with E-state index in [2.05, 4.69) is 0 Å². The number of rotatable bonds is 2. The van der Waals surface area contributed by atoms with Crippen LogP contribution in [0.3, 0.4) is 0 Å². The molecule has 1 N–H and O–H groups in total. The van der Waals surface area contributed by atoms with Crippen LogP contribution in [0.15, 0.2) is 18.1 Å². The summed E-state index contributed by atoms with van der Waals surface area (Å²) in [4.78, 5) is 0. The number of nitrogens with one attached hydrogen (secondary N) is 1. The molecule has 0 amide bonds. The molecule has 1 aliphatic rings. The number of hydrogen-bond acceptors (Lipinski definition) is 5. The van der Waals surface area contributed by atoms with Crippen molar-refractivity contribution in [2.75, 3.05) is 6.54 Å². The van der Waals surface area contributed by atoms with Crippen LogP contribution in [0.5, 0.6) is 0 Å². The normalized spacial score (nSPS) is 30.8. The lowest BCUT2D eigenvalue weighted by molar-refractivity contribution is -0.121. The fourth-order valence-corrected chi connectivity index (χ4v) is 7.97. The van der Waals surface area contributed by atoms with Crippen molar-refractivity contribution in [3.8, 4) is 0 Å². The monoisotopic (exact) mass is 411 g/mol. The van der Waals surface area contributed by atoms with Crippen molar-refractivity contribution in [3.63, 3.8) is 0 Å². The third-order valence-corrected chi connectivity index (χ3v) is 8.99. The topological polar surface area (TPSA) is 61.5 Å². The minimum absolute atomic E-state index is 0.673. The molecular weight excluding hydrogens is 408 g/mol. The van der Waals surface area contributed by atoms with E-state index in [0.717, 1.165) is 0 Å². The lowest BCUT2D eigenvalue weighted by Crippen LogP contribution is -2.25. The van der Waals surface area contributed by atoms with Crippen LogP contribution >= 0.6 is 31.1 Å². The summed E-state index contributed by atoms with van der Waals surface area (Å²) in [6.45, 7) is -2.31. The van der Waals surface area contributed by atoms with E-state index >= 15 is 0 Å². The molecule has 0 radical (unpaired) electrons. The number of hydrogen-bond donors (Lipinski definition) is 1. The Morgan fingerprint density at radius 2 is 1.05 bits per heavy atom. The average molecular weight is 411 g/mol. The van der Waals surface area contributed by atoms with Gasteiger partial charge in [-0.15, -0.1) is 43.2 Å². The summed E-state index contributed by atoms with van der Waals surface area (Å²) in [6.07, 6.45) is -5.15. The van der Waals surface area contributed by atoms with Gasteiger partial charge in [-0.1, -0.05) is 0 Å². The molecule has 0 aromatic carbocycles. The predicted octanol–water partition coefficient (Wildman–Crippen LogP) is 7.72. The van der Waals surface area contributed by atoms with E-state index in [9.17, 15) is 42.5 Å². The van der Waals surface area contributed by atoms with E-state index in [0.29, 0.717) is 5.09 Å². The molecule has 0 spiro atoms. The molecule has 0 bridgehead atoms. The van der Waals surface area contributed by atoms with Crippen LogP contribution in [0.2, 0.25) is 0 Å². The Balaban J connectivity index is 3.46. The fourth-order valence-electron chi connectivity index (χ4n) is 0.869. The second kappa shape index (κ2) is 5.67. The average Bonchev–Trinajstić information content (AvgIpc) is 2.04. The highest BCUT2D eigenvalue weighted by atomic mass is 31.3. The molecule has 0 aliphatic carbocycles. The standard InChI is InChI=1S/C2H3F10N5P4/c3-2(4,5)1-13-21(12)16-19(8,9)14-18(6,7)15-20(10,11)17-21/h13H,1H2. The highest BCUT2D eigenvalue weighted by Gasteiger charge is 2.41. The van der Waals surface area contributed by atoms with Crippen molar-refractivity contribution in [2.24, 2.45) is 18.1 Å². The molecule has 19 heteroatoms. The van der Waals surface area contributed by atoms with Crippen LogP contribution in [0.1, 0.15) is 0 Å². The number of nitrogens with zero attached hydrogens (tertiary/aromatic N) is 4. The number of alkyl halides is 3. The molecule has 0 saturated heterocycles. The molecule has 21 heavy (non-hydrogen) atoms. The third-order valence-electron chi connectivity index (χ3n) is 1.36. The molecule has 0 fully saturated rings. The summed E-state index contributed by atoms with van der Waals surface area (Å²) in [5.74, 6) is 0. The predicted molar refractivity (Wildman–Crippen MR) is 59.2 cm³/mol. The van der Waals surface area contributed by atoms with Crippen molar-refractivity contribution >= 4 is 31.1 Å². The highest BCUT2D eigenvalue weighted by molar-refractivity contribution is 7.78. The molecule has 0 aromatic rings. The first kappa shape index (κ1) is 19.2. The molecule has 1 rings (SSSR count). The summed E-state index contributed by atoms with van der Waals surface area (Å²) in [5, 5.41) is 0.673. The Kier molecular flexibility index (Phi) is 5.19. The van der Waals surface area contributed by atoms with Gasteiger partial charge in [0.25, 0.3) is 0 Å². The van der Waals surface area contributed by atoms with Crippen molar-refractivity contribution in [1.82, 2.24) is 5.09 Å². The molecule has 1 heterocycles. The quantitative estimate of drug-likeness (QED) is 0.367.